The molecule has 0 bridgehead atoms. The Bertz CT molecular complexity index is 817. The van der Waals surface area contributed by atoms with Crippen LogP contribution in [0, 0.1) is 62.6 Å². The van der Waals surface area contributed by atoms with Crippen molar-refractivity contribution in [2.24, 2.45) is 62.6 Å². The second-order valence-electron chi connectivity index (χ2n) is 15.0. The van der Waals surface area contributed by atoms with Crippen LogP contribution in [0.2, 0.25) is 0 Å². The molecule has 0 heterocycles. The summed E-state index contributed by atoms with van der Waals surface area (Å²) in [7, 11) is 0. The third kappa shape index (κ3) is 2.81. The van der Waals surface area contributed by atoms with Gasteiger partial charge in [-0.1, -0.05) is 48.5 Å². The molecule has 5 fully saturated rings. The summed E-state index contributed by atoms with van der Waals surface area (Å²) in [6.07, 6.45) is 10.8. The van der Waals surface area contributed by atoms with Crippen molar-refractivity contribution in [2.45, 2.75) is 119 Å². The number of carboxylic acids is 1. The number of aliphatic carboxylic acids is 1. The van der Waals surface area contributed by atoms with Gasteiger partial charge in [-0.05, 0) is 121 Å². The standard InChI is InChI=1S/C30H50O3/c1-18(2)19-10-15-30(25(32)33)17-16-28(6)20(24(19)30)8-9-22-27(5)13-12-23(31)26(3,4)21(27)11-14-29(22,28)7/h18-24,31H,8-17H2,1-7H3,(H,32,33)/t19?,20-,21+,22-,23+,24-,27+,28-,29-,30+/m1/s1. The van der Waals surface area contributed by atoms with E-state index in [0.717, 1.165) is 38.5 Å². The van der Waals surface area contributed by atoms with Crippen LogP contribution in [0.15, 0.2) is 0 Å². The smallest absolute Gasteiger partial charge is 0.309 e. The first-order valence-electron chi connectivity index (χ1n) is 14.2. The summed E-state index contributed by atoms with van der Waals surface area (Å²) >= 11 is 0. The van der Waals surface area contributed by atoms with Crippen LogP contribution in [0.1, 0.15) is 113 Å². The normalized spacial score (nSPS) is 55.3. The molecule has 10 atom stereocenters. The van der Waals surface area contributed by atoms with Crippen molar-refractivity contribution in [3.05, 3.63) is 0 Å². The summed E-state index contributed by atoms with van der Waals surface area (Å²) < 4.78 is 0. The Hall–Kier alpha value is -0.570. The molecule has 0 aromatic carbocycles. The second kappa shape index (κ2) is 7.23. The summed E-state index contributed by atoms with van der Waals surface area (Å²) in [5.74, 6) is 2.79. The number of fused-ring (bicyclic) bond motifs is 7. The van der Waals surface area contributed by atoms with Gasteiger partial charge < -0.3 is 10.2 Å². The SMILES string of the molecule is CC(C)C1CC[C@]2(C(=O)O)CC[C@]3(C)[C@H](CC[C@@H]4[C@@]5(C)CC[C@H](O)C(C)(C)[C@@H]5CC[C@]43C)[C@@H]12. The highest BCUT2D eigenvalue weighted by atomic mass is 16.4. The van der Waals surface area contributed by atoms with Gasteiger partial charge in [0.25, 0.3) is 0 Å². The molecule has 3 nitrogen and oxygen atoms in total. The van der Waals surface area contributed by atoms with E-state index in [9.17, 15) is 15.0 Å². The summed E-state index contributed by atoms with van der Waals surface area (Å²) in [5, 5.41) is 21.4. The predicted molar refractivity (Wildman–Crippen MR) is 133 cm³/mol. The zero-order chi connectivity index (χ0) is 24.2. The maximum Gasteiger partial charge on any atom is 0.309 e. The fourth-order valence-electron chi connectivity index (χ4n) is 11.8. The molecule has 0 aromatic rings. The number of hydrogen-bond donors (Lipinski definition) is 2. The largest absolute Gasteiger partial charge is 0.481 e. The molecule has 5 aliphatic rings. The minimum absolute atomic E-state index is 0.00863. The van der Waals surface area contributed by atoms with Gasteiger partial charge in [0.15, 0.2) is 0 Å². The summed E-state index contributed by atoms with van der Waals surface area (Å²) in [4.78, 5) is 12.8. The lowest BCUT2D eigenvalue weighted by molar-refractivity contribution is -0.249. The quantitative estimate of drug-likeness (QED) is 0.461. The fourth-order valence-corrected chi connectivity index (χ4v) is 11.8. The molecule has 0 aliphatic heterocycles. The molecule has 5 rings (SSSR count). The Morgan fingerprint density at radius 1 is 0.788 bits per heavy atom. The van der Waals surface area contributed by atoms with Gasteiger partial charge in [0.2, 0.25) is 0 Å². The fraction of sp³-hybridized carbons (Fsp3) is 0.967. The topological polar surface area (TPSA) is 57.5 Å². The first-order valence-corrected chi connectivity index (χ1v) is 14.2. The number of hydrogen-bond acceptors (Lipinski definition) is 2. The number of carboxylic acid groups (broad SMARTS) is 1. The molecule has 3 heteroatoms. The van der Waals surface area contributed by atoms with E-state index in [1.165, 1.54) is 25.7 Å². The average molecular weight is 459 g/mol. The Balaban J connectivity index is 1.56. The lowest BCUT2D eigenvalue weighted by Crippen LogP contribution is -2.67. The highest BCUT2D eigenvalue weighted by Crippen LogP contribution is 2.77. The molecular weight excluding hydrogens is 408 g/mol. The third-order valence-corrected chi connectivity index (χ3v) is 13.7. The molecule has 188 valence electrons. The zero-order valence-corrected chi connectivity index (χ0v) is 22.4. The van der Waals surface area contributed by atoms with E-state index < -0.39 is 11.4 Å². The van der Waals surface area contributed by atoms with Gasteiger partial charge in [-0.3, -0.25) is 4.79 Å². The molecule has 0 saturated heterocycles. The van der Waals surface area contributed by atoms with Crippen LogP contribution in [0.5, 0.6) is 0 Å². The van der Waals surface area contributed by atoms with E-state index in [0.29, 0.717) is 35.5 Å². The van der Waals surface area contributed by atoms with Crippen molar-refractivity contribution < 1.29 is 15.0 Å². The molecule has 5 saturated carbocycles. The molecular formula is C30H50O3. The highest BCUT2D eigenvalue weighted by Gasteiger charge is 2.72. The number of rotatable bonds is 2. The summed E-state index contributed by atoms with van der Waals surface area (Å²) in [6, 6.07) is 0. The van der Waals surface area contributed by atoms with Gasteiger partial charge >= 0.3 is 5.97 Å². The number of aliphatic hydroxyl groups is 1. The number of aliphatic hydroxyl groups excluding tert-OH is 1. The van der Waals surface area contributed by atoms with E-state index in [2.05, 4.69) is 48.5 Å². The molecule has 5 aliphatic carbocycles. The van der Waals surface area contributed by atoms with Crippen LogP contribution in [0.3, 0.4) is 0 Å². The Morgan fingerprint density at radius 2 is 1.48 bits per heavy atom. The maximum absolute atomic E-state index is 12.8. The predicted octanol–water partition coefficient (Wildman–Crippen LogP) is 7.17. The van der Waals surface area contributed by atoms with Crippen LogP contribution < -0.4 is 0 Å². The maximum atomic E-state index is 12.8. The minimum Gasteiger partial charge on any atom is -0.481 e. The van der Waals surface area contributed by atoms with Crippen LogP contribution in [-0.4, -0.2) is 22.3 Å². The molecule has 0 aromatic heterocycles. The lowest BCUT2D eigenvalue weighted by atomic mass is 9.32. The average Bonchev–Trinajstić information content (AvgIpc) is 3.13. The van der Waals surface area contributed by atoms with Gasteiger partial charge in [0, 0.05) is 0 Å². The Morgan fingerprint density at radius 3 is 2.12 bits per heavy atom. The monoisotopic (exact) mass is 458 g/mol. The first-order chi connectivity index (χ1) is 15.3. The summed E-state index contributed by atoms with van der Waals surface area (Å²) in [6.45, 7) is 17.1. The highest BCUT2D eigenvalue weighted by molar-refractivity contribution is 5.76. The van der Waals surface area contributed by atoms with Crippen molar-refractivity contribution in [3.63, 3.8) is 0 Å². The first kappa shape index (κ1) is 24.1. The van der Waals surface area contributed by atoms with Gasteiger partial charge in [-0.25, -0.2) is 0 Å². The van der Waals surface area contributed by atoms with Gasteiger partial charge in [-0.2, -0.15) is 0 Å². The van der Waals surface area contributed by atoms with Crippen LogP contribution >= 0.6 is 0 Å². The van der Waals surface area contributed by atoms with Crippen molar-refractivity contribution in [2.75, 3.05) is 0 Å². The van der Waals surface area contributed by atoms with E-state index in [4.69, 9.17) is 0 Å². The van der Waals surface area contributed by atoms with Gasteiger partial charge in [0.1, 0.15) is 0 Å². The molecule has 2 N–H and O–H groups in total. The molecule has 1 unspecified atom stereocenters. The van der Waals surface area contributed by atoms with E-state index in [1.807, 2.05) is 0 Å². The second-order valence-corrected chi connectivity index (χ2v) is 15.0. The van der Waals surface area contributed by atoms with Crippen molar-refractivity contribution in [3.8, 4) is 0 Å². The van der Waals surface area contributed by atoms with E-state index in [1.54, 1.807) is 0 Å². The number of carbonyl (C=O) groups is 1. The molecule has 0 amide bonds. The Kier molecular flexibility index (Phi) is 5.29. The Labute approximate surface area is 202 Å². The molecule has 0 radical (unpaired) electrons. The zero-order valence-electron chi connectivity index (χ0n) is 22.4. The van der Waals surface area contributed by atoms with Crippen LogP contribution in [-0.2, 0) is 4.79 Å². The van der Waals surface area contributed by atoms with Crippen molar-refractivity contribution in [1.82, 2.24) is 0 Å². The van der Waals surface area contributed by atoms with Crippen LogP contribution in [0.25, 0.3) is 0 Å². The third-order valence-electron chi connectivity index (χ3n) is 13.7. The summed E-state index contributed by atoms with van der Waals surface area (Å²) in [5.41, 5.74) is 0.309. The lowest BCUT2D eigenvalue weighted by Gasteiger charge is -2.72. The van der Waals surface area contributed by atoms with Crippen molar-refractivity contribution in [1.29, 1.82) is 0 Å². The van der Waals surface area contributed by atoms with Crippen LogP contribution in [0.4, 0.5) is 0 Å². The van der Waals surface area contributed by atoms with E-state index >= 15 is 0 Å². The molecule has 0 spiro atoms. The minimum atomic E-state index is -0.497. The van der Waals surface area contributed by atoms with E-state index in [-0.39, 0.29) is 27.8 Å². The van der Waals surface area contributed by atoms with Crippen molar-refractivity contribution >= 4 is 5.97 Å². The van der Waals surface area contributed by atoms with Gasteiger partial charge in [-0.15, -0.1) is 0 Å². The van der Waals surface area contributed by atoms with Gasteiger partial charge in [0.05, 0.1) is 11.5 Å². The molecule has 33 heavy (non-hydrogen) atoms.